The van der Waals surface area contributed by atoms with Crippen molar-refractivity contribution in [1.82, 2.24) is 4.98 Å². The highest BCUT2D eigenvalue weighted by molar-refractivity contribution is 5.89. The van der Waals surface area contributed by atoms with Crippen molar-refractivity contribution in [3.05, 3.63) is 29.1 Å². The number of carbonyl (C=O) groups is 1. The number of rotatable bonds is 3. The van der Waals surface area contributed by atoms with Crippen molar-refractivity contribution in [2.24, 2.45) is 0 Å². The molecule has 1 saturated carbocycles. The molecule has 0 radical (unpaired) electrons. The van der Waals surface area contributed by atoms with Crippen LogP contribution < -0.4 is 0 Å². The summed E-state index contributed by atoms with van der Waals surface area (Å²) in [6.45, 7) is 0.764. The molecule has 1 aromatic heterocycles. The number of alkyl halides is 2. The van der Waals surface area contributed by atoms with E-state index >= 15 is 0 Å². The van der Waals surface area contributed by atoms with E-state index in [4.69, 9.17) is 5.11 Å². The van der Waals surface area contributed by atoms with Crippen LogP contribution in [0.1, 0.15) is 53.8 Å². The Hall–Kier alpha value is -1.52. The second kappa shape index (κ2) is 4.05. The third-order valence-corrected chi connectivity index (χ3v) is 3.10. The molecule has 1 N–H and O–H groups in total. The number of carboxylic acids is 1. The Morgan fingerprint density at radius 3 is 2.53 bits per heavy atom. The fourth-order valence-electron chi connectivity index (χ4n) is 1.89. The van der Waals surface area contributed by atoms with Crippen LogP contribution in [0.25, 0.3) is 0 Å². The highest BCUT2D eigenvalue weighted by atomic mass is 19.3. The molecule has 1 aliphatic rings. The van der Waals surface area contributed by atoms with Gasteiger partial charge >= 0.3 is 5.97 Å². The highest BCUT2D eigenvalue weighted by Gasteiger charge is 2.31. The van der Waals surface area contributed by atoms with Gasteiger partial charge < -0.3 is 5.11 Å². The van der Waals surface area contributed by atoms with Crippen molar-refractivity contribution in [1.29, 1.82) is 0 Å². The molecule has 2 rings (SSSR count). The Balaban J connectivity index is 2.46. The van der Waals surface area contributed by atoms with Gasteiger partial charge in [0.1, 0.15) is 5.69 Å². The maximum Gasteiger partial charge on any atom is 0.337 e. The van der Waals surface area contributed by atoms with Crippen molar-refractivity contribution >= 4 is 5.97 Å². The second-order valence-electron chi connectivity index (χ2n) is 4.45. The summed E-state index contributed by atoms with van der Waals surface area (Å²) in [5.74, 6) is -4.12. The van der Waals surface area contributed by atoms with Crippen LogP contribution in [-0.2, 0) is 5.92 Å². The van der Waals surface area contributed by atoms with E-state index < -0.39 is 11.9 Å². The lowest BCUT2D eigenvalue weighted by Gasteiger charge is -2.26. The first-order chi connectivity index (χ1) is 7.89. The third-order valence-electron chi connectivity index (χ3n) is 3.10. The number of halogens is 2. The molecule has 0 atom stereocenters. The second-order valence-corrected chi connectivity index (χ2v) is 4.45. The lowest BCUT2D eigenvalue weighted by atomic mass is 9.81. The van der Waals surface area contributed by atoms with Gasteiger partial charge in [-0.25, -0.2) is 4.79 Å². The van der Waals surface area contributed by atoms with E-state index in [1.807, 2.05) is 0 Å². The van der Waals surface area contributed by atoms with Crippen LogP contribution in [0.2, 0.25) is 0 Å². The van der Waals surface area contributed by atoms with Crippen LogP contribution in [0.4, 0.5) is 8.78 Å². The summed E-state index contributed by atoms with van der Waals surface area (Å²) < 4.78 is 26.3. The minimum Gasteiger partial charge on any atom is -0.478 e. The molecular formula is C12H13F2NO2. The number of carboxylic acid groups (broad SMARTS) is 1. The Bertz CT molecular complexity index is 450. The number of hydrogen-bond acceptors (Lipinski definition) is 2. The maximum absolute atomic E-state index is 13.1. The highest BCUT2D eigenvalue weighted by Crippen LogP contribution is 2.38. The minimum absolute atomic E-state index is 0.0170. The van der Waals surface area contributed by atoms with E-state index in [-0.39, 0.29) is 17.2 Å². The predicted octanol–water partition coefficient (Wildman–Crippen LogP) is 3.16. The summed E-state index contributed by atoms with van der Waals surface area (Å²) in [5.41, 5.74) is -0.00475. The summed E-state index contributed by atoms with van der Waals surface area (Å²) in [6.07, 6.45) is 2.65. The molecule has 0 spiro atoms. The maximum atomic E-state index is 13.1. The molecule has 92 valence electrons. The first-order valence-electron chi connectivity index (χ1n) is 5.52. The Morgan fingerprint density at radius 1 is 1.47 bits per heavy atom. The molecule has 5 heteroatoms. The van der Waals surface area contributed by atoms with E-state index in [1.165, 1.54) is 6.07 Å². The largest absolute Gasteiger partial charge is 0.478 e. The fraction of sp³-hybridized carbons (Fsp3) is 0.500. The molecule has 0 saturated heterocycles. The molecule has 0 unspecified atom stereocenters. The van der Waals surface area contributed by atoms with Gasteiger partial charge in [-0.1, -0.05) is 6.42 Å². The number of aromatic carboxylic acids is 1. The third kappa shape index (κ3) is 2.28. The molecule has 0 aliphatic heterocycles. The predicted molar refractivity (Wildman–Crippen MR) is 57.4 cm³/mol. The molecular weight excluding hydrogens is 228 g/mol. The van der Waals surface area contributed by atoms with Crippen LogP contribution >= 0.6 is 0 Å². The van der Waals surface area contributed by atoms with E-state index in [0.29, 0.717) is 5.69 Å². The van der Waals surface area contributed by atoms with E-state index in [0.717, 1.165) is 32.3 Å². The Morgan fingerprint density at radius 2 is 2.12 bits per heavy atom. The topological polar surface area (TPSA) is 50.2 Å². The van der Waals surface area contributed by atoms with Crippen molar-refractivity contribution in [3.63, 3.8) is 0 Å². The van der Waals surface area contributed by atoms with Gasteiger partial charge in [-0.15, -0.1) is 0 Å². The van der Waals surface area contributed by atoms with Gasteiger partial charge in [-0.05, 0) is 25.0 Å². The average molecular weight is 241 g/mol. The van der Waals surface area contributed by atoms with Crippen LogP contribution in [0.3, 0.4) is 0 Å². The summed E-state index contributed by atoms with van der Waals surface area (Å²) in [6, 6.07) is 2.32. The molecule has 1 aliphatic carbocycles. The minimum atomic E-state index is -3.03. The van der Waals surface area contributed by atoms with E-state index in [1.54, 1.807) is 0 Å². The first kappa shape index (κ1) is 12.0. The fourth-order valence-corrected chi connectivity index (χ4v) is 1.89. The summed E-state index contributed by atoms with van der Waals surface area (Å²) in [4.78, 5) is 14.9. The zero-order valence-electron chi connectivity index (χ0n) is 9.41. The lowest BCUT2D eigenvalue weighted by molar-refractivity contribution is 0.0123. The molecule has 3 nitrogen and oxygen atoms in total. The molecule has 0 amide bonds. The molecule has 1 fully saturated rings. The smallest absolute Gasteiger partial charge is 0.337 e. The van der Waals surface area contributed by atoms with Gasteiger partial charge in [0.05, 0.1) is 11.3 Å². The van der Waals surface area contributed by atoms with Crippen molar-refractivity contribution in [2.75, 3.05) is 0 Å². The van der Waals surface area contributed by atoms with Gasteiger partial charge in [0.25, 0.3) is 5.92 Å². The number of pyridine rings is 1. The quantitative estimate of drug-likeness (QED) is 0.884. The molecule has 0 aromatic carbocycles. The van der Waals surface area contributed by atoms with Gasteiger partial charge in [-0.2, -0.15) is 8.78 Å². The lowest BCUT2D eigenvalue weighted by Crippen LogP contribution is -2.19. The SMILES string of the molecule is CC(F)(F)c1ccc(C(=O)O)c(C2CCC2)n1. The van der Waals surface area contributed by atoms with Crippen LogP contribution in [0, 0.1) is 0 Å². The van der Waals surface area contributed by atoms with Crippen molar-refractivity contribution in [3.8, 4) is 0 Å². The van der Waals surface area contributed by atoms with Gasteiger partial charge in [0.2, 0.25) is 0 Å². The Kier molecular flexibility index (Phi) is 2.85. The number of hydrogen-bond donors (Lipinski definition) is 1. The zero-order chi connectivity index (χ0) is 12.6. The van der Waals surface area contributed by atoms with E-state index in [9.17, 15) is 13.6 Å². The standard InChI is InChI=1S/C12H13F2NO2/c1-12(13,14)9-6-5-8(11(16)17)10(15-9)7-3-2-4-7/h5-7H,2-4H2,1H3,(H,16,17). The van der Waals surface area contributed by atoms with Gasteiger partial charge in [0, 0.05) is 12.8 Å². The van der Waals surface area contributed by atoms with E-state index in [2.05, 4.69) is 4.98 Å². The monoisotopic (exact) mass is 241 g/mol. The Labute approximate surface area is 97.5 Å². The molecule has 17 heavy (non-hydrogen) atoms. The zero-order valence-corrected chi connectivity index (χ0v) is 9.41. The molecule has 0 bridgehead atoms. The number of aromatic nitrogens is 1. The molecule has 1 aromatic rings. The van der Waals surface area contributed by atoms with Crippen LogP contribution in [0.5, 0.6) is 0 Å². The summed E-state index contributed by atoms with van der Waals surface area (Å²) >= 11 is 0. The van der Waals surface area contributed by atoms with Crippen molar-refractivity contribution in [2.45, 2.75) is 38.0 Å². The van der Waals surface area contributed by atoms with Crippen LogP contribution in [0.15, 0.2) is 12.1 Å². The summed E-state index contributed by atoms with van der Waals surface area (Å²) in [7, 11) is 0. The number of nitrogens with zero attached hydrogens (tertiary/aromatic N) is 1. The molecule has 1 heterocycles. The normalized spacial score (nSPS) is 16.6. The average Bonchev–Trinajstić information content (AvgIpc) is 2.13. The van der Waals surface area contributed by atoms with Gasteiger partial charge in [0.15, 0.2) is 0 Å². The van der Waals surface area contributed by atoms with Crippen molar-refractivity contribution < 1.29 is 18.7 Å². The van der Waals surface area contributed by atoms with Crippen LogP contribution in [-0.4, -0.2) is 16.1 Å². The first-order valence-corrected chi connectivity index (χ1v) is 5.52. The summed E-state index contributed by atoms with van der Waals surface area (Å²) in [5, 5.41) is 9.00. The van der Waals surface area contributed by atoms with Gasteiger partial charge in [-0.3, -0.25) is 4.98 Å².